The van der Waals surface area contributed by atoms with Crippen LogP contribution in [-0.2, 0) is 29.0 Å². The Hall–Kier alpha value is -2.94. The maximum Gasteiger partial charge on any atom is 0.234 e. The highest BCUT2D eigenvalue weighted by Crippen LogP contribution is 2.38. The molecule has 2 aromatic heterocycles. The van der Waals surface area contributed by atoms with Crippen LogP contribution in [0.2, 0.25) is 0 Å². The number of aromatic hydroxyl groups is 1. The van der Waals surface area contributed by atoms with Gasteiger partial charge in [0.1, 0.15) is 5.75 Å². The highest BCUT2D eigenvalue weighted by molar-refractivity contribution is 5.98. The normalized spacial score (nSPS) is 17.6. The predicted octanol–water partition coefficient (Wildman–Crippen LogP) is 4.51. The highest BCUT2D eigenvalue weighted by Gasteiger charge is 2.32. The summed E-state index contributed by atoms with van der Waals surface area (Å²) in [6.07, 6.45) is 8.14. The van der Waals surface area contributed by atoms with E-state index in [1.54, 1.807) is 6.07 Å². The number of nitrogens with zero attached hydrogens (tertiary/aromatic N) is 5. The van der Waals surface area contributed by atoms with Crippen molar-refractivity contribution in [3.8, 4) is 5.75 Å². The fourth-order valence-electron chi connectivity index (χ4n) is 5.33. The summed E-state index contributed by atoms with van der Waals surface area (Å²) in [7, 11) is 0. The van der Waals surface area contributed by atoms with Crippen molar-refractivity contribution in [3.63, 3.8) is 0 Å². The molecule has 1 aromatic carbocycles. The van der Waals surface area contributed by atoms with E-state index in [9.17, 15) is 9.90 Å². The molecule has 1 aliphatic carbocycles. The Morgan fingerprint density at radius 1 is 1.16 bits per heavy atom. The van der Waals surface area contributed by atoms with Crippen molar-refractivity contribution in [1.29, 1.82) is 0 Å². The lowest BCUT2D eigenvalue weighted by Crippen LogP contribution is -2.38. The maximum atomic E-state index is 14.1. The highest BCUT2D eigenvalue weighted by atomic mass is 35.5. The van der Waals surface area contributed by atoms with E-state index in [2.05, 4.69) is 28.8 Å². The summed E-state index contributed by atoms with van der Waals surface area (Å²) in [5.41, 5.74) is 4.60. The topological polar surface area (TPSA) is 83.7 Å². The van der Waals surface area contributed by atoms with Crippen LogP contribution in [0.4, 0.5) is 5.69 Å². The van der Waals surface area contributed by atoms with E-state index in [1.807, 2.05) is 52.4 Å². The number of fused-ring (bicyclic) bond motifs is 1. The lowest BCUT2D eigenvalue weighted by atomic mass is 9.81. The van der Waals surface area contributed by atoms with E-state index in [0.29, 0.717) is 12.5 Å². The van der Waals surface area contributed by atoms with Crippen molar-refractivity contribution in [2.75, 3.05) is 37.7 Å². The molecule has 3 aromatic rings. The Morgan fingerprint density at radius 3 is 2.71 bits per heavy atom. The molecule has 1 fully saturated rings. The lowest BCUT2D eigenvalue weighted by Gasteiger charge is -2.31. The van der Waals surface area contributed by atoms with Gasteiger partial charge >= 0.3 is 0 Å². The molecule has 2 aliphatic rings. The minimum absolute atomic E-state index is 0. The van der Waals surface area contributed by atoms with Crippen molar-refractivity contribution in [2.24, 2.45) is 0 Å². The van der Waals surface area contributed by atoms with Crippen molar-refractivity contribution >= 4 is 24.0 Å². The molecule has 204 valence electrons. The van der Waals surface area contributed by atoms with Gasteiger partial charge in [-0.3, -0.25) is 19.4 Å². The average molecular weight is 540 g/mol. The third-order valence-electron chi connectivity index (χ3n) is 7.50. The number of phenolic OH excluding ortho intramolecular Hbond substituents is 1. The van der Waals surface area contributed by atoms with Gasteiger partial charge < -0.3 is 14.7 Å². The van der Waals surface area contributed by atoms with Gasteiger partial charge in [0, 0.05) is 37.1 Å². The van der Waals surface area contributed by atoms with Crippen molar-refractivity contribution in [3.05, 3.63) is 71.3 Å². The zero-order chi connectivity index (χ0) is 25.8. The number of benzene rings is 1. The van der Waals surface area contributed by atoms with Crippen LogP contribution in [0.3, 0.4) is 0 Å². The lowest BCUT2D eigenvalue weighted by molar-refractivity contribution is -0.120. The Kier molecular flexibility index (Phi) is 9.41. The fourth-order valence-corrected chi connectivity index (χ4v) is 5.33. The summed E-state index contributed by atoms with van der Waals surface area (Å²) in [4.78, 5) is 23.0. The molecule has 38 heavy (non-hydrogen) atoms. The average Bonchev–Trinajstić information content (AvgIpc) is 3.38. The summed E-state index contributed by atoms with van der Waals surface area (Å²) in [6, 6.07) is 9.53. The number of aromatic nitrogens is 3. The largest absolute Gasteiger partial charge is 0.508 e. The number of morpholine rings is 1. The number of rotatable bonds is 8. The molecule has 1 atom stereocenters. The molecule has 5 rings (SSSR count). The summed E-state index contributed by atoms with van der Waals surface area (Å²) in [6.45, 7) is 9.85. The second kappa shape index (κ2) is 12.7. The number of amides is 1. The SMILES string of the molecule is CC(C)c1ccc(N(Cc2cnn(CCN3CCOCC3)c2)C(=O)C2CCCc3c(O)cccc32)cn1.Cl. The Balaban J connectivity index is 0.00000336. The molecule has 0 spiro atoms. The first-order valence-electron chi connectivity index (χ1n) is 13.4. The zero-order valence-electron chi connectivity index (χ0n) is 22.3. The first kappa shape index (κ1) is 28.1. The van der Waals surface area contributed by atoms with Gasteiger partial charge in [0.05, 0.1) is 50.3 Å². The monoisotopic (exact) mass is 539 g/mol. The van der Waals surface area contributed by atoms with Gasteiger partial charge in [-0.25, -0.2) is 0 Å². The minimum atomic E-state index is -0.294. The molecular formula is C29H38ClN5O3. The summed E-state index contributed by atoms with van der Waals surface area (Å²) in [5, 5.41) is 15.0. The van der Waals surface area contributed by atoms with Gasteiger partial charge in [-0.2, -0.15) is 5.10 Å². The van der Waals surface area contributed by atoms with Crippen LogP contribution in [0.15, 0.2) is 48.9 Å². The van der Waals surface area contributed by atoms with Crippen LogP contribution in [0.25, 0.3) is 0 Å². The molecule has 1 aliphatic heterocycles. The van der Waals surface area contributed by atoms with E-state index >= 15 is 0 Å². The van der Waals surface area contributed by atoms with Crippen LogP contribution in [-0.4, -0.2) is 63.5 Å². The molecule has 0 saturated carbocycles. The third kappa shape index (κ3) is 6.37. The maximum absolute atomic E-state index is 14.1. The van der Waals surface area contributed by atoms with Crippen LogP contribution >= 0.6 is 12.4 Å². The number of carbonyl (C=O) groups excluding carboxylic acids is 1. The Labute approximate surface area is 231 Å². The van der Waals surface area contributed by atoms with E-state index in [-0.39, 0.29) is 30.0 Å². The second-order valence-electron chi connectivity index (χ2n) is 10.4. The van der Waals surface area contributed by atoms with Crippen molar-refractivity contribution in [1.82, 2.24) is 19.7 Å². The zero-order valence-corrected chi connectivity index (χ0v) is 23.1. The van der Waals surface area contributed by atoms with E-state index in [0.717, 1.165) is 86.7 Å². The quantitative estimate of drug-likeness (QED) is 0.453. The number of anilines is 1. The molecule has 8 nitrogen and oxygen atoms in total. The predicted molar refractivity (Wildman–Crippen MR) is 150 cm³/mol. The number of pyridine rings is 1. The summed E-state index contributed by atoms with van der Waals surface area (Å²) in [5.74, 6) is 0.339. The Morgan fingerprint density at radius 2 is 1.97 bits per heavy atom. The number of ether oxygens (including phenoxy) is 1. The second-order valence-corrected chi connectivity index (χ2v) is 10.4. The van der Waals surface area contributed by atoms with Gasteiger partial charge in [-0.15, -0.1) is 12.4 Å². The first-order valence-corrected chi connectivity index (χ1v) is 13.4. The van der Waals surface area contributed by atoms with Gasteiger partial charge in [-0.05, 0) is 54.5 Å². The first-order chi connectivity index (χ1) is 18.0. The van der Waals surface area contributed by atoms with E-state index in [4.69, 9.17) is 4.74 Å². The molecule has 0 bridgehead atoms. The number of hydrogen-bond donors (Lipinski definition) is 1. The molecule has 1 amide bonds. The van der Waals surface area contributed by atoms with Gasteiger partial charge in [0.25, 0.3) is 0 Å². The van der Waals surface area contributed by atoms with E-state index in [1.165, 1.54) is 0 Å². The smallest absolute Gasteiger partial charge is 0.234 e. The molecule has 9 heteroatoms. The standard InChI is InChI=1S/C29H37N5O3.ClH/c1-21(2)27-10-9-23(18-30-27)34(29(36)26-7-3-6-25-24(26)5-4-8-28(25)35)20-22-17-31-33(19-22)12-11-32-13-15-37-16-14-32;/h4-5,8-10,17-19,21,26,35H,3,6-7,11-16,20H2,1-2H3;1H. The van der Waals surface area contributed by atoms with E-state index < -0.39 is 0 Å². The summed E-state index contributed by atoms with van der Waals surface area (Å²) >= 11 is 0. The van der Waals surface area contributed by atoms with Gasteiger partial charge in [0.15, 0.2) is 0 Å². The van der Waals surface area contributed by atoms with Crippen LogP contribution in [0.5, 0.6) is 5.75 Å². The summed E-state index contributed by atoms with van der Waals surface area (Å²) < 4.78 is 7.40. The number of hydrogen-bond acceptors (Lipinski definition) is 6. The van der Waals surface area contributed by atoms with Crippen LogP contribution in [0.1, 0.15) is 60.9 Å². The van der Waals surface area contributed by atoms with Crippen LogP contribution in [0, 0.1) is 0 Å². The molecular weight excluding hydrogens is 502 g/mol. The molecule has 3 heterocycles. The molecule has 1 N–H and O–H groups in total. The minimum Gasteiger partial charge on any atom is -0.508 e. The van der Waals surface area contributed by atoms with Crippen molar-refractivity contribution < 1.29 is 14.6 Å². The van der Waals surface area contributed by atoms with Gasteiger partial charge in [0.2, 0.25) is 5.91 Å². The molecule has 1 unspecified atom stereocenters. The molecule has 1 saturated heterocycles. The third-order valence-corrected chi connectivity index (χ3v) is 7.50. The number of phenols is 1. The Bertz CT molecular complexity index is 1210. The number of carbonyl (C=O) groups is 1. The van der Waals surface area contributed by atoms with Crippen molar-refractivity contribution in [2.45, 2.75) is 58.0 Å². The van der Waals surface area contributed by atoms with Crippen LogP contribution < -0.4 is 4.90 Å². The fraction of sp³-hybridized carbons (Fsp3) is 0.483. The number of halogens is 1. The molecule has 0 radical (unpaired) electrons. The van der Waals surface area contributed by atoms with Gasteiger partial charge in [-0.1, -0.05) is 26.0 Å².